The maximum atomic E-state index is 12.4. The number of hydrogen-bond donors (Lipinski definition) is 0. The van der Waals surface area contributed by atoms with E-state index in [4.69, 9.17) is 9.26 Å². The zero-order valence-corrected chi connectivity index (χ0v) is 15.9. The van der Waals surface area contributed by atoms with E-state index in [0.717, 1.165) is 11.1 Å². The SMILES string of the molecule is Cc1ccc(-c2cc(COC(=O)CCn3cnc4ccccc4c3=O)no2)cc1. The van der Waals surface area contributed by atoms with Crippen LogP contribution in [0, 0.1) is 6.92 Å². The quantitative estimate of drug-likeness (QED) is 0.469. The van der Waals surface area contributed by atoms with E-state index < -0.39 is 5.97 Å². The van der Waals surface area contributed by atoms with Crippen molar-refractivity contribution in [2.24, 2.45) is 0 Å². The minimum Gasteiger partial charge on any atom is -0.459 e. The number of carbonyl (C=O) groups excluding carboxylic acids is 1. The van der Waals surface area contributed by atoms with Gasteiger partial charge in [-0.2, -0.15) is 0 Å². The van der Waals surface area contributed by atoms with E-state index in [9.17, 15) is 9.59 Å². The van der Waals surface area contributed by atoms with Crippen molar-refractivity contribution in [1.29, 1.82) is 0 Å². The standard InChI is InChI=1S/C22H19N3O4/c1-15-6-8-16(9-7-15)20-12-17(24-29-20)13-28-21(26)10-11-25-14-23-19-5-3-2-4-18(19)22(25)27/h2-9,12,14H,10-11,13H2,1H3. The molecule has 2 heterocycles. The summed E-state index contributed by atoms with van der Waals surface area (Å²) < 4.78 is 12.0. The number of carbonyl (C=O) groups is 1. The van der Waals surface area contributed by atoms with E-state index in [1.165, 1.54) is 10.9 Å². The lowest BCUT2D eigenvalue weighted by Gasteiger charge is -2.06. The van der Waals surface area contributed by atoms with Gasteiger partial charge in [-0.15, -0.1) is 0 Å². The molecular formula is C22H19N3O4. The molecule has 0 amide bonds. The topological polar surface area (TPSA) is 87.2 Å². The predicted octanol–water partition coefficient (Wildman–Crippen LogP) is 3.49. The van der Waals surface area contributed by atoms with Crippen LogP contribution >= 0.6 is 0 Å². The van der Waals surface area contributed by atoms with Crippen LogP contribution in [-0.4, -0.2) is 20.7 Å². The molecule has 0 saturated carbocycles. The minimum atomic E-state index is -0.426. The first kappa shape index (κ1) is 18.6. The maximum Gasteiger partial charge on any atom is 0.307 e. The van der Waals surface area contributed by atoms with Crippen LogP contribution in [0.2, 0.25) is 0 Å². The van der Waals surface area contributed by atoms with Crippen molar-refractivity contribution in [1.82, 2.24) is 14.7 Å². The Labute approximate surface area is 166 Å². The van der Waals surface area contributed by atoms with Gasteiger partial charge in [0.05, 0.1) is 23.7 Å². The first-order valence-corrected chi connectivity index (χ1v) is 9.22. The molecule has 2 aromatic carbocycles. The van der Waals surface area contributed by atoms with Crippen LogP contribution in [-0.2, 0) is 22.7 Å². The third-order valence-corrected chi connectivity index (χ3v) is 4.56. The van der Waals surface area contributed by atoms with Crippen LogP contribution in [0.1, 0.15) is 17.7 Å². The molecule has 0 aliphatic carbocycles. The second kappa shape index (κ2) is 8.10. The van der Waals surface area contributed by atoms with Crippen molar-refractivity contribution in [3.63, 3.8) is 0 Å². The van der Waals surface area contributed by atoms with Crippen LogP contribution in [0.3, 0.4) is 0 Å². The zero-order chi connectivity index (χ0) is 20.2. The Morgan fingerprint density at radius 2 is 1.93 bits per heavy atom. The van der Waals surface area contributed by atoms with Gasteiger partial charge in [-0.25, -0.2) is 4.98 Å². The summed E-state index contributed by atoms with van der Waals surface area (Å²) in [7, 11) is 0. The summed E-state index contributed by atoms with van der Waals surface area (Å²) in [6.07, 6.45) is 1.51. The number of ether oxygens (including phenoxy) is 1. The molecule has 0 spiro atoms. The number of rotatable bonds is 6. The van der Waals surface area contributed by atoms with Crippen LogP contribution in [0.5, 0.6) is 0 Å². The summed E-state index contributed by atoms with van der Waals surface area (Å²) in [5.41, 5.74) is 3.04. The Bertz CT molecular complexity index is 1210. The Morgan fingerprint density at radius 3 is 2.76 bits per heavy atom. The molecule has 146 valence electrons. The number of esters is 1. The molecule has 4 aromatic rings. The summed E-state index contributed by atoms with van der Waals surface area (Å²) in [5, 5.41) is 4.46. The summed E-state index contributed by atoms with van der Waals surface area (Å²) in [6, 6.07) is 16.7. The first-order chi connectivity index (χ1) is 14.1. The van der Waals surface area contributed by atoms with Crippen LogP contribution in [0.15, 0.2) is 70.2 Å². The van der Waals surface area contributed by atoms with Crippen LogP contribution in [0.4, 0.5) is 0 Å². The van der Waals surface area contributed by atoms with Gasteiger partial charge >= 0.3 is 5.97 Å². The first-order valence-electron chi connectivity index (χ1n) is 9.22. The number of nitrogens with zero attached hydrogens (tertiary/aromatic N) is 3. The summed E-state index contributed by atoms with van der Waals surface area (Å²) in [6.45, 7) is 2.22. The average Bonchev–Trinajstić information content (AvgIpc) is 3.21. The molecule has 0 unspecified atom stereocenters. The van der Waals surface area contributed by atoms with Crippen molar-refractivity contribution >= 4 is 16.9 Å². The van der Waals surface area contributed by atoms with E-state index in [2.05, 4.69) is 10.1 Å². The molecule has 7 heteroatoms. The molecule has 0 atom stereocenters. The second-order valence-electron chi connectivity index (χ2n) is 6.72. The maximum absolute atomic E-state index is 12.4. The zero-order valence-electron chi connectivity index (χ0n) is 15.9. The Morgan fingerprint density at radius 1 is 1.14 bits per heavy atom. The number of para-hydroxylation sites is 1. The van der Waals surface area contributed by atoms with Crippen LogP contribution < -0.4 is 5.56 Å². The second-order valence-corrected chi connectivity index (χ2v) is 6.72. The smallest absolute Gasteiger partial charge is 0.307 e. The molecule has 0 N–H and O–H groups in total. The Hall–Kier alpha value is -3.74. The van der Waals surface area contributed by atoms with E-state index in [1.54, 1.807) is 24.3 Å². The number of benzene rings is 2. The molecule has 0 fully saturated rings. The molecule has 4 rings (SSSR count). The molecule has 29 heavy (non-hydrogen) atoms. The van der Waals surface area contributed by atoms with Crippen molar-refractivity contribution < 1.29 is 14.1 Å². The highest BCUT2D eigenvalue weighted by Gasteiger charge is 2.11. The van der Waals surface area contributed by atoms with Gasteiger partial charge in [0, 0.05) is 18.2 Å². The predicted molar refractivity (Wildman–Crippen MR) is 107 cm³/mol. The summed E-state index contributed by atoms with van der Waals surface area (Å²) in [4.78, 5) is 28.7. The third-order valence-electron chi connectivity index (χ3n) is 4.56. The van der Waals surface area contributed by atoms with E-state index in [1.807, 2.05) is 37.3 Å². The lowest BCUT2D eigenvalue weighted by Crippen LogP contribution is -2.22. The molecular weight excluding hydrogens is 370 g/mol. The van der Waals surface area contributed by atoms with E-state index in [-0.39, 0.29) is 25.1 Å². The number of aromatic nitrogens is 3. The van der Waals surface area contributed by atoms with Gasteiger partial charge in [0.25, 0.3) is 5.56 Å². The average molecular weight is 389 g/mol. The van der Waals surface area contributed by atoms with Gasteiger partial charge in [0.1, 0.15) is 12.3 Å². The van der Waals surface area contributed by atoms with Gasteiger partial charge < -0.3 is 9.26 Å². The van der Waals surface area contributed by atoms with Crippen molar-refractivity contribution in [3.8, 4) is 11.3 Å². The van der Waals surface area contributed by atoms with Gasteiger partial charge in [-0.1, -0.05) is 47.1 Å². The fraction of sp³-hybridized carbons (Fsp3) is 0.182. The minimum absolute atomic E-state index is 0.0130. The molecule has 0 saturated heterocycles. The van der Waals surface area contributed by atoms with E-state index >= 15 is 0 Å². The molecule has 0 radical (unpaired) electrons. The third kappa shape index (κ3) is 4.24. The highest BCUT2D eigenvalue weighted by Crippen LogP contribution is 2.21. The van der Waals surface area contributed by atoms with Crippen molar-refractivity contribution in [2.45, 2.75) is 26.5 Å². The fourth-order valence-electron chi connectivity index (χ4n) is 2.94. The summed E-state index contributed by atoms with van der Waals surface area (Å²) in [5.74, 6) is 0.190. The van der Waals surface area contributed by atoms with Crippen LogP contribution in [0.25, 0.3) is 22.2 Å². The van der Waals surface area contributed by atoms with E-state index in [0.29, 0.717) is 22.4 Å². The van der Waals surface area contributed by atoms with Gasteiger partial charge in [-0.3, -0.25) is 14.2 Å². The monoisotopic (exact) mass is 389 g/mol. The fourth-order valence-corrected chi connectivity index (χ4v) is 2.94. The van der Waals surface area contributed by atoms with Crippen molar-refractivity contribution in [2.75, 3.05) is 0 Å². The van der Waals surface area contributed by atoms with Gasteiger partial charge in [0.15, 0.2) is 5.76 Å². The highest BCUT2D eigenvalue weighted by atomic mass is 16.5. The number of hydrogen-bond acceptors (Lipinski definition) is 6. The lowest BCUT2D eigenvalue weighted by molar-refractivity contribution is -0.145. The molecule has 0 aliphatic heterocycles. The van der Waals surface area contributed by atoms with Gasteiger partial charge in [-0.05, 0) is 19.1 Å². The molecule has 0 aliphatic rings. The summed E-state index contributed by atoms with van der Waals surface area (Å²) >= 11 is 0. The number of fused-ring (bicyclic) bond motifs is 1. The lowest BCUT2D eigenvalue weighted by atomic mass is 10.1. The van der Waals surface area contributed by atoms with Gasteiger partial charge in [0.2, 0.25) is 0 Å². The normalized spacial score (nSPS) is 10.9. The Kier molecular flexibility index (Phi) is 5.20. The number of aryl methyl sites for hydroxylation is 2. The van der Waals surface area contributed by atoms with Crippen molar-refractivity contribution in [3.05, 3.63) is 82.5 Å². The largest absolute Gasteiger partial charge is 0.459 e. The molecule has 0 bridgehead atoms. The highest BCUT2D eigenvalue weighted by molar-refractivity contribution is 5.77. The molecule has 2 aromatic heterocycles. The molecule has 7 nitrogen and oxygen atoms in total. The Balaban J connectivity index is 1.33.